The minimum Gasteiger partial charge on any atom is -0.439 e. The fourth-order valence-electron chi connectivity index (χ4n) is 2.64. The zero-order valence-electron chi connectivity index (χ0n) is 16.9. The van der Waals surface area contributed by atoms with Gasteiger partial charge >= 0.3 is 6.18 Å². The number of sulfonamides is 1. The van der Waals surface area contributed by atoms with E-state index < -0.39 is 28.4 Å². The van der Waals surface area contributed by atoms with Gasteiger partial charge in [-0.15, -0.1) is 0 Å². The quantitative estimate of drug-likeness (QED) is 0.577. The van der Waals surface area contributed by atoms with Gasteiger partial charge in [0.15, 0.2) is 5.82 Å². The molecule has 12 heteroatoms. The van der Waals surface area contributed by atoms with Crippen LogP contribution in [0.1, 0.15) is 23.4 Å². The van der Waals surface area contributed by atoms with E-state index in [0.717, 1.165) is 17.0 Å². The van der Waals surface area contributed by atoms with Crippen LogP contribution >= 0.6 is 0 Å². The third-order valence-electron chi connectivity index (χ3n) is 4.50. The largest absolute Gasteiger partial charge is 0.439 e. The van der Waals surface area contributed by atoms with E-state index in [4.69, 9.17) is 4.74 Å². The summed E-state index contributed by atoms with van der Waals surface area (Å²) in [7, 11) is -4.12. The van der Waals surface area contributed by atoms with Gasteiger partial charge in [-0.1, -0.05) is 0 Å². The van der Waals surface area contributed by atoms with Crippen LogP contribution in [-0.2, 0) is 10.0 Å². The Labute approximate surface area is 177 Å². The average molecular weight is 455 g/mol. The Morgan fingerprint density at radius 3 is 2.35 bits per heavy atom. The Bertz CT molecular complexity index is 1180. The molecule has 0 aliphatic heterocycles. The van der Waals surface area contributed by atoms with Gasteiger partial charge in [-0.3, -0.25) is 4.72 Å². The van der Waals surface area contributed by atoms with Gasteiger partial charge in [-0.25, -0.2) is 23.1 Å². The van der Waals surface area contributed by atoms with Crippen molar-refractivity contribution in [3.8, 4) is 17.4 Å². The first kappa shape index (κ1) is 22.5. The molecule has 0 atom stereocenters. The van der Waals surface area contributed by atoms with Gasteiger partial charge in [0.25, 0.3) is 0 Å². The lowest BCUT2D eigenvalue weighted by Gasteiger charge is -2.11. The van der Waals surface area contributed by atoms with Gasteiger partial charge in [0, 0.05) is 17.4 Å². The molecule has 0 unspecified atom stereocenters. The monoisotopic (exact) mass is 455 g/mol. The van der Waals surface area contributed by atoms with Crippen LogP contribution in [0.2, 0.25) is 0 Å². The Morgan fingerprint density at radius 2 is 1.77 bits per heavy atom. The van der Waals surface area contributed by atoms with E-state index in [1.54, 1.807) is 10.7 Å². The third-order valence-corrected chi connectivity index (χ3v) is 5.79. The highest BCUT2D eigenvalue weighted by molar-refractivity contribution is 7.92. The van der Waals surface area contributed by atoms with Crippen molar-refractivity contribution in [2.45, 2.75) is 33.4 Å². The molecular formula is C19H20F3N5O3S. The smallest absolute Gasteiger partial charge is 0.390 e. The van der Waals surface area contributed by atoms with Crippen LogP contribution in [0.15, 0.2) is 36.7 Å². The molecule has 1 aromatic carbocycles. The van der Waals surface area contributed by atoms with Crippen LogP contribution < -0.4 is 9.46 Å². The highest BCUT2D eigenvalue weighted by Crippen LogP contribution is 2.25. The highest BCUT2D eigenvalue weighted by Gasteiger charge is 2.29. The summed E-state index contributed by atoms with van der Waals surface area (Å²) >= 11 is 0. The first-order valence-electron chi connectivity index (χ1n) is 9.14. The maximum Gasteiger partial charge on any atom is 0.390 e. The molecule has 0 aliphatic rings. The van der Waals surface area contributed by atoms with E-state index in [0.29, 0.717) is 11.6 Å². The zero-order valence-corrected chi connectivity index (χ0v) is 17.8. The third kappa shape index (κ3) is 5.94. The van der Waals surface area contributed by atoms with E-state index in [-0.39, 0.29) is 11.6 Å². The lowest BCUT2D eigenvalue weighted by molar-refractivity contribution is -0.129. The predicted molar refractivity (Wildman–Crippen MR) is 108 cm³/mol. The van der Waals surface area contributed by atoms with Gasteiger partial charge in [0.2, 0.25) is 15.9 Å². The normalized spacial score (nSPS) is 12.1. The predicted octanol–water partition coefficient (Wildman–Crippen LogP) is 4.07. The Balaban J connectivity index is 1.70. The number of hydrogen-bond acceptors (Lipinski definition) is 6. The summed E-state index contributed by atoms with van der Waals surface area (Å²) in [5.41, 5.74) is 2.99. The zero-order chi connectivity index (χ0) is 22.8. The molecule has 0 saturated carbocycles. The van der Waals surface area contributed by atoms with Crippen LogP contribution in [0.4, 0.5) is 18.9 Å². The molecule has 3 rings (SSSR count). The van der Waals surface area contributed by atoms with Crippen LogP contribution in [-0.4, -0.2) is 40.1 Å². The molecule has 31 heavy (non-hydrogen) atoms. The molecule has 0 aliphatic carbocycles. The number of aromatic nitrogens is 4. The van der Waals surface area contributed by atoms with E-state index in [2.05, 4.69) is 19.8 Å². The van der Waals surface area contributed by atoms with Crippen LogP contribution in [0.5, 0.6) is 11.6 Å². The number of alkyl halides is 3. The number of rotatable bonds is 7. The fraction of sp³-hybridized carbons (Fsp3) is 0.316. The van der Waals surface area contributed by atoms with E-state index in [9.17, 15) is 21.6 Å². The van der Waals surface area contributed by atoms with Crippen molar-refractivity contribution in [1.29, 1.82) is 0 Å². The Morgan fingerprint density at radius 1 is 1.10 bits per heavy atom. The molecule has 0 spiro atoms. The van der Waals surface area contributed by atoms with Crippen molar-refractivity contribution >= 4 is 15.7 Å². The molecule has 8 nitrogen and oxygen atoms in total. The van der Waals surface area contributed by atoms with E-state index in [1.807, 2.05) is 20.8 Å². The van der Waals surface area contributed by atoms with Crippen molar-refractivity contribution in [1.82, 2.24) is 19.7 Å². The number of nitrogens with one attached hydrogen (secondary N) is 1. The van der Waals surface area contributed by atoms with Crippen molar-refractivity contribution in [3.63, 3.8) is 0 Å². The second-order valence-corrected chi connectivity index (χ2v) is 8.68. The first-order chi connectivity index (χ1) is 14.4. The molecule has 0 fully saturated rings. The van der Waals surface area contributed by atoms with Crippen molar-refractivity contribution in [3.05, 3.63) is 53.6 Å². The molecule has 166 valence electrons. The second-order valence-electron chi connectivity index (χ2n) is 6.83. The Hall–Kier alpha value is -3.15. The lowest BCUT2D eigenvalue weighted by Crippen LogP contribution is -2.21. The molecule has 2 aromatic heterocycles. The lowest BCUT2D eigenvalue weighted by atomic mass is 10.2. The molecule has 2 heterocycles. The number of hydrogen-bond donors (Lipinski definition) is 1. The van der Waals surface area contributed by atoms with Gasteiger partial charge in [-0.05, 0) is 50.6 Å². The van der Waals surface area contributed by atoms with E-state index >= 15 is 0 Å². The fourth-order valence-corrected chi connectivity index (χ4v) is 3.74. The first-order valence-corrected chi connectivity index (χ1v) is 10.8. The minimum absolute atomic E-state index is 0.121. The van der Waals surface area contributed by atoms with Gasteiger partial charge in [-0.2, -0.15) is 18.3 Å². The second kappa shape index (κ2) is 8.53. The number of halogens is 3. The van der Waals surface area contributed by atoms with Crippen LogP contribution in [0.25, 0.3) is 5.82 Å². The van der Waals surface area contributed by atoms with Gasteiger partial charge in [0.05, 0.1) is 17.9 Å². The van der Waals surface area contributed by atoms with Crippen LogP contribution in [0, 0.1) is 20.8 Å². The maximum absolute atomic E-state index is 12.2. The summed E-state index contributed by atoms with van der Waals surface area (Å²) in [5, 5.41) is 4.44. The number of nitrogens with zero attached hydrogens (tertiary/aromatic N) is 4. The molecule has 0 amide bonds. The Kier molecular flexibility index (Phi) is 6.20. The standard InChI is InChI=1S/C19H20F3N5O3S/c1-12-13(2)25-27(14(12)3)17-10-18(24-11-23-17)30-16-6-4-15(5-7-16)26-31(28,29)9-8-19(20,21)22/h4-7,10-11,26H,8-9H2,1-3H3. The number of ether oxygens (including phenoxy) is 1. The topological polar surface area (TPSA) is 99.0 Å². The molecule has 1 N–H and O–H groups in total. The molecular weight excluding hydrogens is 435 g/mol. The highest BCUT2D eigenvalue weighted by atomic mass is 32.2. The maximum atomic E-state index is 12.2. The molecule has 0 radical (unpaired) electrons. The van der Waals surface area contributed by atoms with Gasteiger partial charge in [0.1, 0.15) is 12.1 Å². The number of aryl methyl sites for hydroxylation is 1. The molecule has 0 saturated heterocycles. The van der Waals surface area contributed by atoms with Crippen molar-refractivity contribution < 1.29 is 26.3 Å². The van der Waals surface area contributed by atoms with Gasteiger partial charge < -0.3 is 4.74 Å². The number of benzene rings is 1. The molecule has 3 aromatic rings. The summed E-state index contributed by atoms with van der Waals surface area (Å²) in [6.45, 7) is 5.79. The summed E-state index contributed by atoms with van der Waals surface area (Å²) in [4.78, 5) is 8.26. The molecule has 0 bridgehead atoms. The minimum atomic E-state index is -4.55. The van der Waals surface area contributed by atoms with Crippen LogP contribution in [0.3, 0.4) is 0 Å². The van der Waals surface area contributed by atoms with Crippen molar-refractivity contribution in [2.24, 2.45) is 0 Å². The van der Waals surface area contributed by atoms with Crippen molar-refractivity contribution in [2.75, 3.05) is 10.5 Å². The number of anilines is 1. The summed E-state index contributed by atoms with van der Waals surface area (Å²) in [6, 6.07) is 7.31. The summed E-state index contributed by atoms with van der Waals surface area (Å²) in [5.74, 6) is 0.0680. The average Bonchev–Trinajstić information content (AvgIpc) is 2.95. The summed E-state index contributed by atoms with van der Waals surface area (Å²) < 4.78 is 69.7. The SMILES string of the molecule is Cc1nn(-c2cc(Oc3ccc(NS(=O)(=O)CCC(F)(F)F)cc3)ncn2)c(C)c1C. The summed E-state index contributed by atoms with van der Waals surface area (Å²) in [6.07, 6.45) is -4.64. The van der Waals surface area contributed by atoms with E-state index in [1.165, 1.54) is 30.6 Å².